The average molecular weight is 255 g/mol. The van der Waals surface area contributed by atoms with Gasteiger partial charge in [0.05, 0.1) is 16.6 Å². The Morgan fingerprint density at radius 1 is 1.65 bits per heavy atom. The summed E-state index contributed by atoms with van der Waals surface area (Å²) in [5.74, 6) is -0.203. The maximum atomic E-state index is 11.8. The summed E-state index contributed by atoms with van der Waals surface area (Å²) < 4.78 is 0. The Morgan fingerprint density at radius 3 is 3.00 bits per heavy atom. The summed E-state index contributed by atoms with van der Waals surface area (Å²) in [6, 6.07) is 1.26. The molecular formula is C10H11ClN4O2. The minimum Gasteiger partial charge on any atom is -0.382 e. The third-order valence-corrected chi connectivity index (χ3v) is 2.75. The first-order valence-electron chi connectivity index (χ1n) is 5.05. The topological polar surface area (TPSA) is 97.1 Å². The zero-order chi connectivity index (χ0) is 12.4. The Labute approximate surface area is 103 Å². The van der Waals surface area contributed by atoms with Crippen LogP contribution in [0.3, 0.4) is 0 Å². The first-order chi connectivity index (χ1) is 8.06. The van der Waals surface area contributed by atoms with E-state index in [1.54, 1.807) is 0 Å². The Balaban J connectivity index is 2.04. The van der Waals surface area contributed by atoms with Crippen molar-refractivity contribution in [3.05, 3.63) is 22.8 Å². The molecule has 1 aliphatic rings. The number of nitrogens with zero attached hydrogens (tertiary/aromatic N) is 1. The lowest BCUT2D eigenvalue weighted by Gasteiger charge is -2.10. The summed E-state index contributed by atoms with van der Waals surface area (Å²) in [4.78, 5) is 26.5. The third-order valence-electron chi connectivity index (χ3n) is 2.44. The second-order valence-corrected chi connectivity index (χ2v) is 4.18. The number of halogens is 1. The van der Waals surface area contributed by atoms with Crippen LogP contribution in [0.25, 0.3) is 0 Å². The summed E-state index contributed by atoms with van der Waals surface area (Å²) in [5.41, 5.74) is 5.76. The van der Waals surface area contributed by atoms with Crippen LogP contribution in [0.5, 0.6) is 0 Å². The van der Waals surface area contributed by atoms with Gasteiger partial charge in [-0.25, -0.2) is 4.98 Å². The fourth-order valence-corrected chi connectivity index (χ4v) is 1.71. The predicted molar refractivity (Wildman–Crippen MR) is 62.5 cm³/mol. The van der Waals surface area contributed by atoms with Crippen molar-refractivity contribution in [3.63, 3.8) is 0 Å². The summed E-state index contributed by atoms with van der Waals surface area (Å²) in [6.07, 6.45) is 1.64. The molecule has 2 heterocycles. The molecule has 2 rings (SSSR count). The zero-order valence-electron chi connectivity index (χ0n) is 8.87. The van der Waals surface area contributed by atoms with Gasteiger partial charge in [0, 0.05) is 19.2 Å². The molecule has 0 radical (unpaired) electrons. The molecule has 0 aliphatic carbocycles. The van der Waals surface area contributed by atoms with Crippen molar-refractivity contribution in [1.29, 1.82) is 0 Å². The Hall–Kier alpha value is -1.82. The van der Waals surface area contributed by atoms with Gasteiger partial charge in [-0.3, -0.25) is 9.59 Å². The first-order valence-corrected chi connectivity index (χ1v) is 5.42. The molecule has 0 saturated carbocycles. The number of carbonyl (C=O) groups is 2. The van der Waals surface area contributed by atoms with E-state index in [1.807, 2.05) is 0 Å². The van der Waals surface area contributed by atoms with Gasteiger partial charge in [-0.1, -0.05) is 11.6 Å². The molecule has 6 nitrogen and oxygen atoms in total. The van der Waals surface area contributed by atoms with Crippen molar-refractivity contribution in [2.45, 2.75) is 12.5 Å². The van der Waals surface area contributed by atoms with E-state index in [-0.39, 0.29) is 28.7 Å². The number of pyridine rings is 1. The maximum Gasteiger partial charge on any atom is 0.253 e. The number of nitrogens with two attached hydrogens (primary N) is 1. The van der Waals surface area contributed by atoms with Crippen LogP contribution in [-0.4, -0.2) is 29.4 Å². The lowest BCUT2D eigenvalue weighted by atomic mass is 10.2. The van der Waals surface area contributed by atoms with Gasteiger partial charge in [0.15, 0.2) is 0 Å². The predicted octanol–water partition coefficient (Wildman–Crippen LogP) is -0.0645. The number of aromatic nitrogens is 1. The monoisotopic (exact) mass is 254 g/mol. The molecule has 1 fully saturated rings. The van der Waals surface area contributed by atoms with E-state index < -0.39 is 0 Å². The highest BCUT2D eigenvalue weighted by atomic mass is 35.5. The van der Waals surface area contributed by atoms with Crippen molar-refractivity contribution in [3.8, 4) is 0 Å². The van der Waals surface area contributed by atoms with Gasteiger partial charge >= 0.3 is 0 Å². The number of carbonyl (C=O) groups excluding carboxylic acids is 2. The van der Waals surface area contributed by atoms with E-state index in [4.69, 9.17) is 17.3 Å². The number of amides is 2. The number of nitrogen functional groups attached to an aromatic ring is 1. The van der Waals surface area contributed by atoms with Gasteiger partial charge in [-0.2, -0.15) is 0 Å². The largest absolute Gasteiger partial charge is 0.382 e. The molecule has 2 amide bonds. The van der Waals surface area contributed by atoms with Crippen LogP contribution in [0, 0.1) is 0 Å². The number of anilines is 1. The van der Waals surface area contributed by atoms with Crippen LogP contribution in [0.15, 0.2) is 12.3 Å². The van der Waals surface area contributed by atoms with Crippen molar-refractivity contribution in [1.82, 2.24) is 15.6 Å². The smallest absolute Gasteiger partial charge is 0.253 e. The first kappa shape index (κ1) is 11.7. The van der Waals surface area contributed by atoms with Crippen LogP contribution < -0.4 is 16.4 Å². The van der Waals surface area contributed by atoms with Crippen LogP contribution in [-0.2, 0) is 4.79 Å². The third kappa shape index (κ3) is 2.65. The number of nitrogens with one attached hydrogen (secondary N) is 2. The summed E-state index contributed by atoms with van der Waals surface area (Å²) in [5, 5.41) is 5.58. The lowest BCUT2D eigenvalue weighted by molar-refractivity contribution is -0.119. The van der Waals surface area contributed by atoms with Gasteiger partial charge in [0.2, 0.25) is 5.91 Å². The summed E-state index contributed by atoms with van der Waals surface area (Å²) in [7, 11) is 0. The Morgan fingerprint density at radius 2 is 2.41 bits per heavy atom. The zero-order valence-corrected chi connectivity index (χ0v) is 9.62. The maximum absolute atomic E-state index is 11.8. The second-order valence-electron chi connectivity index (χ2n) is 3.77. The number of rotatable bonds is 2. The fraction of sp³-hybridized carbons (Fsp3) is 0.300. The van der Waals surface area contributed by atoms with Crippen molar-refractivity contribution >= 4 is 29.2 Å². The summed E-state index contributed by atoms with van der Waals surface area (Å²) in [6.45, 7) is 0.445. The van der Waals surface area contributed by atoms with E-state index >= 15 is 0 Å². The number of hydrogen-bond donors (Lipinski definition) is 3. The molecule has 90 valence electrons. The van der Waals surface area contributed by atoms with Crippen molar-refractivity contribution in [2.24, 2.45) is 0 Å². The molecular weight excluding hydrogens is 244 g/mol. The molecule has 1 aromatic heterocycles. The number of hydrogen-bond acceptors (Lipinski definition) is 4. The fourth-order valence-electron chi connectivity index (χ4n) is 1.55. The SMILES string of the molecule is Nc1ncc(C(=O)NC2CNC(=O)C2)cc1Cl. The molecule has 1 aliphatic heterocycles. The van der Waals surface area contributed by atoms with Crippen LogP contribution >= 0.6 is 11.6 Å². The summed E-state index contributed by atoms with van der Waals surface area (Å²) >= 11 is 5.76. The molecule has 7 heteroatoms. The van der Waals surface area contributed by atoms with E-state index in [9.17, 15) is 9.59 Å². The normalized spacial score (nSPS) is 18.9. The molecule has 1 atom stereocenters. The van der Waals surface area contributed by atoms with E-state index in [1.165, 1.54) is 12.3 Å². The lowest BCUT2D eigenvalue weighted by Crippen LogP contribution is -2.36. The van der Waals surface area contributed by atoms with E-state index in [0.717, 1.165) is 0 Å². The van der Waals surface area contributed by atoms with Crippen LogP contribution in [0.2, 0.25) is 5.02 Å². The molecule has 1 aromatic rings. The van der Waals surface area contributed by atoms with Gasteiger partial charge in [-0.15, -0.1) is 0 Å². The Kier molecular flexibility index (Phi) is 3.14. The van der Waals surface area contributed by atoms with Crippen LogP contribution in [0.1, 0.15) is 16.8 Å². The van der Waals surface area contributed by atoms with Crippen molar-refractivity contribution < 1.29 is 9.59 Å². The molecule has 0 bridgehead atoms. The molecule has 4 N–H and O–H groups in total. The van der Waals surface area contributed by atoms with E-state index in [2.05, 4.69) is 15.6 Å². The Bertz CT molecular complexity index is 477. The average Bonchev–Trinajstić information content (AvgIpc) is 2.68. The highest BCUT2D eigenvalue weighted by molar-refractivity contribution is 6.33. The molecule has 0 aromatic carbocycles. The quantitative estimate of drug-likeness (QED) is 0.689. The van der Waals surface area contributed by atoms with Gasteiger partial charge in [0.1, 0.15) is 5.82 Å². The van der Waals surface area contributed by atoms with Gasteiger partial charge < -0.3 is 16.4 Å². The van der Waals surface area contributed by atoms with Gasteiger partial charge in [0.25, 0.3) is 5.91 Å². The molecule has 0 spiro atoms. The van der Waals surface area contributed by atoms with Crippen molar-refractivity contribution in [2.75, 3.05) is 12.3 Å². The molecule has 1 saturated heterocycles. The highest BCUT2D eigenvalue weighted by Gasteiger charge is 2.23. The van der Waals surface area contributed by atoms with Crippen LogP contribution in [0.4, 0.5) is 5.82 Å². The minimum absolute atomic E-state index is 0.0660. The standard InChI is InChI=1S/C10H11ClN4O2/c11-7-1-5(3-14-9(7)12)10(17)15-6-2-8(16)13-4-6/h1,3,6H,2,4H2,(H2,12,14)(H,13,16)(H,15,17). The minimum atomic E-state index is -0.319. The molecule has 1 unspecified atom stereocenters. The van der Waals surface area contributed by atoms with Gasteiger partial charge in [-0.05, 0) is 6.07 Å². The highest BCUT2D eigenvalue weighted by Crippen LogP contribution is 2.16. The second kappa shape index (κ2) is 4.58. The molecule has 17 heavy (non-hydrogen) atoms. The van der Waals surface area contributed by atoms with E-state index in [0.29, 0.717) is 18.5 Å².